The third kappa shape index (κ3) is 0.963. The maximum Gasteiger partial charge on any atom is 0.150 e. The second-order valence-electron chi connectivity index (χ2n) is 2.48. The normalized spacial score (nSPS) is 14.1. The number of anilines is 1. The van der Waals surface area contributed by atoms with Gasteiger partial charge in [0, 0.05) is 13.2 Å². The molecule has 0 aromatic heterocycles. The largest absolute Gasteiger partial charge is 0.461 e. The summed E-state index contributed by atoms with van der Waals surface area (Å²) in [6.07, 6.45) is 3.57. The second kappa shape index (κ2) is 2.31. The van der Waals surface area contributed by atoms with Gasteiger partial charge in [0.05, 0.1) is 5.69 Å². The number of fused-ring (bicyclic) bond motifs is 1. The van der Waals surface area contributed by atoms with Crippen LogP contribution < -0.4 is 9.64 Å². The molecule has 0 saturated carbocycles. The first-order valence-corrected chi connectivity index (χ1v) is 3.53. The standard InChI is InChI=1S/C9H9NO/c1-10-6-7-11-9-5-3-2-4-8(9)10/h2-7H,1H3. The van der Waals surface area contributed by atoms with Crippen molar-refractivity contribution < 1.29 is 4.74 Å². The van der Waals surface area contributed by atoms with Gasteiger partial charge < -0.3 is 9.64 Å². The monoisotopic (exact) mass is 147 g/mol. The molecule has 1 heterocycles. The van der Waals surface area contributed by atoms with E-state index in [1.165, 1.54) is 0 Å². The Morgan fingerprint density at radius 1 is 1.27 bits per heavy atom. The van der Waals surface area contributed by atoms with E-state index in [1.54, 1.807) is 6.26 Å². The molecule has 0 amide bonds. The Kier molecular flexibility index (Phi) is 1.32. The Morgan fingerprint density at radius 2 is 2.09 bits per heavy atom. The molecule has 1 aromatic rings. The van der Waals surface area contributed by atoms with E-state index in [2.05, 4.69) is 0 Å². The van der Waals surface area contributed by atoms with Crippen LogP contribution in [0.15, 0.2) is 36.7 Å². The Hall–Kier alpha value is -1.44. The number of hydrogen-bond acceptors (Lipinski definition) is 2. The van der Waals surface area contributed by atoms with Gasteiger partial charge in [0.15, 0.2) is 0 Å². The maximum atomic E-state index is 5.27. The van der Waals surface area contributed by atoms with Crippen molar-refractivity contribution in [1.82, 2.24) is 0 Å². The van der Waals surface area contributed by atoms with Gasteiger partial charge in [0.1, 0.15) is 12.0 Å². The number of ether oxygens (including phenoxy) is 1. The molecule has 0 spiro atoms. The quantitative estimate of drug-likeness (QED) is 0.556. The number of nitrogens with zero attached hydrogens (tertiary/aromatic N) is 1. The van der Waals surface area contributed by atoms with E-state index in [0.717, 1.165) is 11.4 Å². The number of para-hydroxylation sites is 2. The summed E-state index contributed by atoms with van der Waals surface area (Å²) in [5.41, 5.74) is 1.11. The summed E-state index contributed by atoms with van der Waals surface area (Å²) in [5, 5.41) is 0. The zero-order valence-corrected chi connectivity index (χ0v) is 6.32. The summed E-state index contributed by atoms with van der Waals surface area (Å²) in [6.45, 7) is 0. The molecular formula is C9H9NO. The van der Waals surface area contributed by atoms with Crippen molar-refractivity contribution in [2.75, 3.05) is 11.9 Å². The van der Waals surface area contributed by atoms with Crippen LogP contribution in [0.4, 0.5) is 5.69 Å². The lowest BCUT2D eigenvalue weighted by molar-refractivity contribution is 0.471. The lowest BCUT2D eigenvalue weighted by atomic mass is 10.2. The molecule has 2 nitrogen and oxygen atoms in total. The molecule has 2 rings (SSSR count). The minimum atomic E-state index is 0.914. The van der Waals surface area contributed by atoms with Crippen LogP contribution in [0.2, 0.25) is 0 Å². The molecule has 0 fully saturated rings. The molecule has 1 aromatic carbocycles. The van der Waals surface area contributed by atoms with Gasteiger partial charge in [0.2, 0.25) is 0 Å². The molecule has 1 aliphatic heterocycles. The molecule has 0 radical (unpaired) electrons. The maximum absolute atomic E-state index is 5.27. The third-order valence-corrected chi connectivity index (χ3v) is 1.72. The molecule has 56 valence electrons. The molecule has 0 unspecified atom stereocenters. The van der Waals surface area contributed by atoms with Crippen LogP contribution in [0.5, 0.6) is 5.75 Å². The van der Waals surface area contributed by atoms with Crippen molar-refractivity contribution >= 4 is 5.69 Å². The predicted octanol–water partition coefficient (Wildman–Crippen LogP) is 1.99. The van der Waals surface area contributed by atoms with Crippen molar-refractivity contribution in [3.63, 3.8) is 0 Å². The van der Waals surface area contributed by atoms with Gasteiger partial charge in [-0.2, -0.15) is 0 Å². The average Bonchev–Trinajstić information content (AvgIpc) is 2.06. The average molecular weight is 147 g/mol. The summed E-state index contributed by atoms with van der Waals surface area (Å²) >= 11 is 0. The SMILES string of the molecule is CN1C=COc2ccccc21. The summed E-state index contributed by atoms with van der Waals surface area (Å²) < 4.78 is 5.27. The Balaban J connectivity index is 2.50. The number of hydrogen-bond donors (Lipinski definition) is 0. The topological polar surface area (TPSA) is 12.5 Å². The van der Waals surface area contributed by atoms with Gasteiger partial charge in [-0.05, 0) is 12.1 Å². The van der Waals surface area contributed by atoms with Crippen LogP contribution in [-0.4, -0.2) is 7.05 Å². The van der Waals surface area contributed by atoms with Crippen molar-refractivity contribution in [1.29, 1.82) is 0 Å². The van der Waals surface area contributed by atoms with E-state index in [1.807, 2.05) is 42.4 Å². The van der Waals surface area contributed by atoms with E-state index in [4.69, 9.17) is 4.74 Å². The van der Waals surface area contributed by atoms with Gasteiger partial charge in [0.25, 0.3) is 0 Å². The molecule has 0 atom stereocenters. The third-order valence-electron chi connectivity index (χ3n) is 1.72. The molecule has 0 N–H and O–H groups in total. The first-order chi connectivity index (χ1) is 5.38. The van der Waals surface area contributed by atoms with E-state index < -0.39 is 0 Å². The zero-order valence-electron chi connectivity index (χ0n) is 6.32. The molecule has 2 heteroatoms. The summed E-state index contributed by atoms with van der Waals surface area (Å²) in [5.74, 6) is 0.914. The summed E-state index contributed by atoms with van der Waals surface area (Å²) in [4.78, 5) is 2.03. The zero-order chi connectivity index (χ0) is 7.68. The van der Waals surface area contributed by atoms with Gasteiger partial charge >= 0.3 is 0 Å². The summed E-state index contributed by atoms with van der Waals surface area (Å²) in [7, 11) is 2.00. The van der Waals surface area contributed by atoms with E-state index in [-0.39, 0.29) is 0 Å². The van der Waals surface area contributed by atoms with Crippen LogP contribution in [0.3, 0.4) is 0 Å². The molecular weight excluding hydrogens is 138 g/mol. The fourth-order valence-corrected chi connectivity index (χ4v) is 1.12. The minimum absolute atomic E-state index is 0.914. The van der Waals surface area contributed by atoms with Crippen LogP contribution >= 0.6 is 0 Å². The Morgan fingerprint density at radius 3 is 2.91 bits per heavy atom. The first-order valence-electron chi connectivity index (χ1n) is 3.53. The second-order valence-corrected chi connectivity index (χ2v) is 2.48. The molecule has 0 saturated heterocycles. The van der Waals surface area contributed by atoms with Crippen LogP contribution in [0.25, 0.3) is 0 Å². The summed E-state index contributed by atoms with van der Waals surface area (Å²) in [6, 6.07) is 7.94. The Labute approximate surface area is 65.7 Å². The molecule has 0 aliphatic carbocycles. The van der Waals surface area contributed by atoms with Crippen molar-refractivity contribution in [2.45, 2.75) is 0 Å². The highest BCUT2D eigenvalue weighted by atomic mass is 16.5. The van der Waals surface area contributed by atoms with Gasteiger partial charge in [-0.25, -0.2) is 0 Å². The number of benzene rings is 1. The van der Waals surface area contributed by atoms with E-state index >= 15 is 0 Å². The van der Waals surface area contributed by atoms with E-state index in [9.17, 15) is 0 Å². The predicted molar refractivity (Wildman–Crippen MR) is 44.6 cm³/mol. The van der Waals surface area contributed by atoms with Crippen molar-refractivity contribution in [2.24, 2.45) is 0 Å². The van der Waals surface area contributed by atoms with Crippen molar-refractivity contribution in [3.05, 3.63) is 36.7 Å². The fraction of sp³-hybridized carbons (Fsp3) is 0.111. The van der Waals surface area contributed by atoms with Gasteiger partial charge in [-0.15, -0.1) is 0 Å². The molecule has 1 aliphatic rings. The van der Waals surface area contributed by atoms with Gasteiger partial charge in [-0.3, -0.25) is 0 Å². The smallest absolute Gasteiger partial charge is 0.150 e. The van der Waals surface area contributed by atoms with Gasteiger partial charge in [-0.1, -0.05) is 12.1 Å². The highest BCUT2D eigenvalue weighted by Gasteiger charge is 2.07. The molecule has 11 heavy (non-hydrogen) atoms. The van der Waals surface area contributed by atoms with Crippen LogP contribution in [0, 0.1) is 0 Å². The lowest BCUT2D eigenvalue weighted by Crippen LogP contribution is -2.12. The fourth-order valence-electron chi connectivity index (χ4n) is 1.12. The highest BCUT2D eigenvalue weighted by Crippen LogP contribution is 2.29. The van der Waals surface area contributed by atoms with Crippen LogP contribution in [0.1, 0.15) is 0 Å². The lowest BCUT2D eigenvalue weighted by Gasteiger charge is -2.20. The molecule has 0 bridgehead atoms. The minimum Gasteiger partial charge on any atom is -0.461 e. The van der Waals surface area contributed by atoms with E-state index in [0.29, 0.717) is 0 Å². The van der Waals surface area contributed by atoms with Crippen molar-refractivity contribution in [3.8, 4) is 5.75 Å². The highest BCUT2D eigenvalue weighted by molar-refractivity contribution is 5.61. The Bertz CT molecular complexity index is 293. The first kappa shape index (κ1) is 6.28. The van der Waals surface area contributed by atoms with Crippen LogP contribution in [-0.2, 0) is 0 Å². The number of rotatable bonds is 0.